The lowest BCUT2D eigenvalue weighted by Gasteiger charge is -1.79. The van der Waals surface area contributed by atoms with Gasteiger partial charge in [0.1, 0.15) is 0 Å². The SMILES string of the molecule is Cc1c(O)noc1N. The number of nitrogen functional groups attached to an aromatic ring is 1. The van der Waals surface area contributed by atoms with Crippen LogP contribution >= 0.6 is 0 Å². The first kappa shape index (κ1) is 4.96. The predicted molar refractivity (Wildman–Crippen MR) is 27.3 cm³/mol. The molecule has 0 atom stereocenters. The Morgan fingerprint density at radius 2 is 2.38 bits per heavy atom. The number of hydrogen-bond donors (Lipinski definition) is 2. The average Bonchev–Trinajstić information content (AvgIpc) is 1.98. The highest BCUT2D eigenvalue weighted by Gasteiger charge is 2.04. The van der Waals surface area contributed by atoms with Gasteiger partial charge in [-0.2, -0.15) is 0 Å². The molecule has 0 bridgehead atoms. The van der Waals surface area contributed by atoms with Crippen LogP contribution in [0.1, 0.15) is 5.56 Å². The summed E-state index contributed by atoms with van der Waals surface area (Å²) < 4.78 is 4.37. The van der Waals surface area contributed by atoms with Crippen LogP contribution < -0.4 is 5.73 Å². The second kappa shape index (κ2) is 1.40. The smallest absolute Gasteiger partial charge is 0.256 e. The summed E-state index contributed by atoms with van der Waals surface area (Å²) in [7, 11) is 0. The lowest BCUT2D eigenvalue weighted by Crippen LogP contribution is -1.81. The van der Waals surface area contributed by atoms with E-state index in [9.17, 15) is 0 Å². The van der Waals surface area contributed by atoms with Crippen LogP contribution in [-0.4, -0.2) is 10.3 Å². The van der Waals surface area contributed by atoms with E-state index in [1.165, 1.54) is 0 Å². The molecule has 1 rings (SSSR count). The highest BCUT2D eigenvalue weighted by molar-refractivity contribution is 5.39. The Kier molecular flexibility index (Phi) is 0.865. The molecule has 44 valence electrons. The Hall–Kier alpha value is -1.19. The van der Waals surface area contributed by atoms with Crippen LogP contribution in [0.5, 0.6) is 5.88 Å². The van der Waals surface area contributed by atoms with Crippen LogP contribution in [0.25, 0.3) is 0 Å². The van der Waals surface area contributed by atoms with Crippen molar-refractivity contribution in [2.45, 2.75) is 6.92 Å². The van der Waals surface area contributed by atoms with Crippen LogP contribution in [0.2, 0.25) is 0 Å². The first-order chi connectivity index (χ1) is 3.72. The number of aromatic hydroxyl groups is 1. The van der Waals surface area contributed by atoms with E-state index in [0.29, 0.717) is 5.56 Å². The van der Waals surface area contributed by atoms with Crippen LogP contribution in [0.15, 0.2) is 4.52 Å². The van der Waals surface area contributed by atoms with Crippen molar-refractivity contribution >= 4 is 5.88 Å². The maximum atomic E-state index is 8.66. The van der Waals surface area contributed by atoms with Gasteiger partial charge in [-0.05, 0) is 12.1 Å². The maximum absolute atomic E-state index is 8.66. The summed E-state index contributed by atoms with van der Waals surface area (Å²) >= 11 is 0. The molecule has 0 saturated heterocycles. The maximum Gasteiger partial charge on any atom is 0.256 e. The fraction of sp³-hybridized carbons (Fsp3) is 0.250. The topological polar surface area (TPSA) is 72.3 Å². The fourth-order valence-electron chi connectivity index (χ4n) is 0.340. The molecule has 0 fully saturated rings. The highest BCUT2D eigenvalue weighted by atomic mass is 16.5. The predicted octanol–water partition coefficient (Wildman–Crippen LogP) is 0.271. The molecule has 0 aliphatic carbocycles. The zero-order valence-electron chi connectivity index (χ0n) is 4.38. The molecule has 0 spiro atoms. The van der Waals surface area contributed by atoms with Gasteiger partial charge in [-0.3, -0.25) is 0 Å². The van der Waals surface area contributed by atoms with Gasteiger partial charge in [-0.25, -0.2) is 0 Å². The number of nitrogens with zero attached hydrogens (tertiary/aromatic N) is 1. The quantitative estimate of drug-likeness (QED) is 0.507. The molecule has 0 aliphatic heterocycles. The average molecular weight is 114 g/mol. The lowest BCUT2D eigenvalue weighted by atomic mass is 10.4. The number of rotatable bonds is 0. The summed E-state index contributed by atoms with van der Waals surface area (Å²) in [5, 5.41) is 11.8. The number of hydrogen-bond acceptors (Lipinski definition) is 4. The van der Waals surface area contributed by atoms with E-state index in [2.05, 4.69) is 9.68 Å². The first-order valence-corrected chi connectivity index (χ1v) is 2.12. The lowest BCUT2D eigenvalue weighted by molar-refractivity contribution is 0.367. The van der Waals surface area contributed by atoms with Gasteiger partial charge in [0.15, 0.2) is 0 Å². The molecular weight excluding hydrogens is 108 g/mol. The van der Waals surface area contributed by atoms with E-state index in [4.69, 9.17) is 10.8 Å². The van der Waals surface area contributed by atoms with Gasteiger partial charge in [0, 0.05) is 0 Å². The van der Waals surface area contributed by atoms with E-state index in [1.807, 2.05) is 0 Å². The van der Waals surface area contributed by atoms with Gasteiger partial charge in [0.25, 0.3) is 5.88 Å². The van der Waals surface area contributed by atoms with Gasteiger partial charge in [-0.1, -0.05) is 0 Å². The minimum Gasteiger partial charge on any atom is -0.491 e. The van der Waals surface area contributed by atoms with E-state index < -0.39 is 0 Å². The summed E-state index contributed by atoms with van der Waals surface area (Å²) in [6, 6.07) is 0. The third-order valence-corrected chi connectivity index (χ3v) is 0.935. The number of nitrogens with two attached hydrogens (primary N) is 1. The molecule has 4 heteroatoms. The normalized spacial score (nSPS) is 9.62. The van der Waals surface area contributed by atoms with Gasteiger partial charge in [-0.15, -0.1) is 0 Å². The largest absolute Gasteiger partial charge is 0.491 e. The Bertz CT molecular complexity index is 174. The van der Waals surface area contributed by atoms with Crippen molar-refractivity contribution in [3.8, 4) is 5.88 Å². The summed E-state index contributed by atoms with van der Waals surface area (Å²) in [4.78, 5) is 0. The standard InChI is InChI=1S/C4H6N2O2/c1-2-3(5)8-6-4(2)7/h5H2,1H3,(H,6,7). The zero-order valence-corrected chi connectivity index (χ0v) is 4.38. The Morgan fingerprint density at radius 3 is 2.50 bits per heavy atom. The molecule has 0 saturated carbocycles. The van der Waals surface area contributed by atoms with Crippen molar-refractivity contribution in [2.75, 3.05) is 5.73 Å². The molecule has 3 N–H and O–H groups in total. The Labute approximate surface area is 45.9 Å². The van der Waals surface area contributed by atoms with Gasteiger partial charge < -0.3 is 15.4 Å². The highest BCUT2D eigenvalue weighted by Crippen LogP contribution is 2.18. The van der Waals surface area contributed by atoms with E-state index in [-0.39, 0.29) is 11.8 Å². The van der Waals surface area contributed by atoms with Crippen molar-refractivity contribution in [2.24, 2.45) is 0 Å². The minimum atomic E-state index is -0.137. The fourth-order valence-corrected chi connectivity index (χ4v) is 0.340. The molecular formula is C4H6N2O2. The molecule has 0 amide bonds. The zero-order chi connectivity index (χ0) is 6.15. The van der Waals surface area contributed by atoms with Crippen LogP contribution in [-0.2, 0) is 0 Å². The van der Waals surface area contributed by atoms with E-state index >= 15 is 0 Å². The Balaban J connectivity index is 3.19. The van der Waals surface area contributed by atoms with Crippen molar-refractivity contribution in [3.05, 3.63) is 5.56 Å². The number of anilines is 1. The van der Waals surface area contributed by atoms with Gasteiger partial charge in [0.05, 0.1) is 5.56 Å². The third kappa shape index (κ3) is 0.501. The van der Waals surface area contributed by atoms with Crippen molar-refractivity contribution in [1.29, 1.82) is 0 Å². The van der Waals surface area contributed by atoms with Crippen molar-refractivity contribution in [1.82, 2.24) is 5.16 Å². The van der Waals surface area contributed by atoms with Crippen LogP contribution in [0.4, 0.5) is 5.88 Å². The summed E-state index contributed by atoms with van der Waals surface area (Å²) in [6.45, 7) is 1.63. The summed E-state index contributed by atoms with van der Waals surface area (Å²) in [5.74, 6) is 0.0324. The molecule has 1 heterocycles. The first-order valence-electron chi connectivity index (χ1n) is 2.12. The number of aromatic nitrogens is 1. The second-order valence-electron chi connectivity index (χ2n) is 1.50. The second-order valence-corrected chi connectivity index (χ2v) is 1.50. The molecule has 0 aromatic carbocycles. The van der Waals surface area contributed by atoms with Gasteiger partial charge in [0.2, 0.25) is 5.88 Å². The summed E-state index contributed by atoms with van der Waals surface area (Å²) in [5.41, 5.74) is 5.64. The van der Waals surface area contributed by atoms with Crippen molar-refractivity contribution < 1.29 is 9.63 Å². The molecule has 0 radical (unpaired) electrons. The van der Waals surface area contributed by atoms with Crippen LogP contribution in [0.3, 0.4) is 0 Å². The van der Waals surface area contributed by atoms with Crippen LogP contribution in [0, 0.1) is 6.92 Å². The molecule has 1 aromatic rings. The summed E-state index contributed by atoms with van der Waals surface area (Å²) in [6.07, 6.45) is 0. The minimum absolute atomic E-state index is 0.137. The van der Waals surface area contributed by atoms with E-state index in [1.54, 1.807) is 6.92 Å². The van der Waals surface area contributed by atoms with Gasteiger partial charge >= 0.3 is 0 Å². The monoisotopic (exact) mass is 114 g/mol. The molecule has 4 nitrogen and oxygen atoms in total. The molecule has 0 unspecified atom stereocenters. The molecule has 8 heavy (non-hydrogen) atoms. The molecule has 1 aromatic heterocycles. The van der Waals surface area contributed by atoms with E-state index in [0.717, 1.165) is 0 Å². The molecule has 0 aliphatic rings. The third-order valence-electron chi connectivity index (χ3n) is 0.935. The van der Waals surface area contributed by atoms with Crippen molar-refractivity contribution in [3.63, 3.8) is 0 Å². The Morgan fingerprint density at radius 1 is 1.75 bits per heavy atom.